The Bertz CT molecular complexity index is 619. The number of hydrogen-bond acceptors (Lipinski definition) is 3. The van der Waals surface area contributed by atoms with E-state index in [-0.39, 0.29) is 11.9 Å². The van der Waals surface area contributed by atoms with E-state index in [0.29, 0.717) is 6.54 Å². The predicted octanol–water partition coefficient (Wildman–Crippen LogP) is 2.65. The Kier molecular flexibility index (Phi) is 5.43. The SMILES string of the molecule is CN(C)C(CNC(=O)Nc1ncccc1F)c1ccccc1. The third kappa shape index (κ3) is 4.26. The highest BCUT2D eigenvalue weighted by Crippen LogP contribution is 2.16. The largest absolute Gasteiger partial charge is 0.336 e. The third-order valence-corrected chi connectivity index (χ3v) is 3.25. The van der Waals surface area contributed by atoms with Gasteiger partial charge in [-0.05, 0) is 31.8 Å². The maximum Gasteiger partial charge on any atom is 0.320 e. The highest BCUT2D eigenvalue weighted by Gasteiger charge is 2.15. The number of hydrogen-bond donors (Lipinski definition) is 2. The molecule has 2 aromatic rings. The second-order valence-electron chi connectivity index (χ2n) is 5.06. The molecule has 116 valence electrons. The van der Waals surface area contributed by atoms with Gasteiger partial charge in [0.2, 0.25) is 0 Å². The minimum atomic E-state index is -0.565. The monoisotopic (exact) mass is 302 g/mol. The van der Waals surface area contributed by atoms with Crippen LogP contribution < -0.4 is 10.6 Å². The van der Waals surface area contributed by atoms with Gasteiger partial charge in [-0.2, -0.15) is 0 Å². The fourth-order valence-electron chi connectivity index (χ4n) is 2.09. The van der Waals surface area contributed by atoms with Crippen LogP contribution in [0.4, 0.5) is 15.0 Å². The molecule has 1 aromatic carbocycles. The van der Waals surface area contributed by atoms with Crippen molar-refractivity contribution in [3.63, 3.8) is 0 Å². The van der Waals surface area contributed by atoms with E-state index < -0.39 is 11.8 Å². The van der Waals surface area contributed by atoms with Crippen LogP contribution in [0.3, 0.4) is 0 Å². The molecule has 2 N–H and O–H groups in total. The molecular weight excluding hydrogens is 283 g/mol. The van der Waals surface area contributed by atoms with Gasteiger partial charge >= 0.3 is 6.03 Å². The van der Waals surface area contributed by atoms with E-state index in [4.69, 9.17) is 0 Å². The summed E-state index contributed by atoms with van der Waals surface area (Å²) in [5.41, 5.74) is 1.09. The van der Waals surface area contributed by atoms with E-state index in [1.54, 1.807) is 0 Å². The Morgan fingerprint density at radius 3 is 2.59 bits per heavy atom. The van der Waals surface area contributed by atoms with Crippen molar-refractivity contribution >= 4 is 11.8 Å². The maximum absolute atomic E-state index is 13.4. The molecule has 1 heterocycles. The summed E-state index contributed by atoms with van der Waals surface area (Å²) in [6, 6.07) is 12.1. The van der Waals surface area contributed by atoms with Gasteiger partial charge in [0.1, 0.15) is 0 Å². The lowest BCUT2D eigenvalue weighted by molar-refractivity contribution is 0.243. The number of likely N-dealkylation sites (N-methyl/N-ethyl adjacent to an activating group) is 1. The fraction of sp³-hybridized carbons (Fsp3) is 0.250. The molecule has 0 aliphatic carbocycles. The highest BCUT2D eigenvalue weighted by molar-refractivity contribution is 5.88. The molecule has 0 aliphatic heterocycles. The molecule has 2 rings (SSSR count). The summed E-state index contributed by atoms with van der Waals surface area (Å²) in [6.07, 6.45) is 1.42. The lowest BCUT2D eigenvalue weighted by atomic mass is 10.1. The lowest BCUT2D eigenvalue weighted by Crippen LogP contribution is -2.37. The summed E-state index contributed by atoms with van der Waals surface area (Å²) in [7, 11) is 3.88. The highest BCUT2D eigenvalue weighted by atomic mass is 19.1. The van der Waals surface area contributed by atoms with Crippen LogP contribution in [0.25, 0.3) is 0 Å². The van der Waals surface area contributed by atoms with Crippen LogP contribution in [-0.2, 0) is 0 Å². The molecule has 2 amide bonds. The quantitative estimate of drug-likeness (QED) is 0.892. The number of aromatic nitrogens is 1. The molecule has 1 aromatic heterocycles. The molecular formula is C16H19FN4O. The molecule has 0 spiro atoms. The summed E-state index contributed by atoms with van der Waals surface area (Å²) in [5, 5.41) is 5.14. The van der Waals surface area contributed by atoms with Crippen LogP contribution in [0.1, 0.15) is 11.6 Å². The van der Waals surface area contributed by atoms with E-state index >= 15 is 0 Å². The van der Waals surface area contributed by atoms with Gasteiger partial charge in [0, 0.05) is 12.7 Å². The van der Waals surface area contributed by atoms with Gasteiger partial charge in [0.25, 0.3) is 0 Å². The molecule has 0 saturated carbocycles. The molecule has 0 radical (unpaired) electrons. The number of rotatable bonds is 5. The number of nitrogens with zero attached hydrogens (tertiary/aromatic N) is 2. The summed E-state index contributed by atoms with van der Waals surface area (Å²) in [5.74, 6) is -0.647. The number of nitrogens with one attached hydrogen (secondary N) is 2. The van der Waals surface area contributed by atoms with Crippen LogP contribution in [-0.4, -0.2) is 36.6 Å². The molecule has 5 nitrogen and oxygen atoms in total. The molecule has 0 aliphatic rings. The van der Waals surface area contributed by atoms with Crippen molar-refractivity contribution < 1.29 is 9.18 Å². The molecule has 22 heavy (non-hydrogen) atoms. The first-order chi connectivity index (χ1) is 10.6. The smallest absolute Gasteiger partial charge is 0.320 e. The second-order valence-corrected chi connectivity index (χ2v) is 5.06. The van der Waals surface area contributed by atoms with Gasteiger partial charge in [0.05, 0.1) is 6.04 Å². The minimum absolute atomic E-state index is 0.0283. The summed E-state index contributed by atoms with van der Waals surface area (Å²) in [6.45, 7) is 0.400. The fourth-order valence-corrected chi connectivity index (χ4v) is 2.09. The predicted molar refractivity (Wildman–Crippen MR) is 84.1 cm³/mol. The lowest BCUT2D eigenvalue weighted by Gasteiger charge is -2.25. The second kappa shape index (κ2) is 7.51. The number of carbonyl (C=O) groups excluding carboxylic acids is 1. The maximum atomic E-state index is 13.4. The number of amides is 2. The number of halogens is 1. The van der Waals surface area contributed by atoms with Gasteiger partial charge < -0.3 is 10.2 Å². The number of anilines is 1. The van der Waals surface area contributed by atoms with E-state index in [1.165, 1.54) is 18.3 Å². The first-order valence-electron chi connectivity index (χ1n) is 6.94. The van der Waals surface area contributed by atoms with Crippen molar-refractivity contribution in [3.8, 4) is 0 Å². The summed E-state index contributed by atoms with van der Waals surface area (Å²) in [4.78, 5) is 17.7. The molecule has 1 atom stereocenters. The van der Waals surface area contributed by atoms with Crippen LogP contribution in [0, 0.1) is 5.82 Å². The molecule has 1 unspecified atom stereocenters. The average molecular weight is 302 g/mol. The zero-order chi connectivity index (χ0) is 15.9. The van der Waals surface area contributed by atoms with Crippen molar-refractivity contribution in [2.75, 3.05) is 26.0 Å². The number of carbonyl (C=O) groups is 1. The van der Waals surface area contributed by atoms with Crippen molar-refractivity contribution in [3.05, 3.63) is 60.0 Å². The number of benzene rings is 1. The van der Waals surface area contributed by atoms with Crippen LogP contribution >= 0.6 is 0 Å². The van der Waals surface area contributed by atoms with Gasteiger partial charge in [-0.3, -0.25) is 5.32 Å². The average Bonchev–Trinajstić information content (AvgIpc) is 2.50. The van der Waals surface area contributed by atoms with Crippen LogP contribution in [0.5, 0.6) is 0 Å². The summed E-state index contributed by atoms with van der Waals surface area (Å²) >= 11 is 0. The van der Waals surface area contributed by atoms with E-state index in [9.17, 15) is 9.18 Å². The Morgan fingerprint density at radius 2 is 1.95 bits per heavy atom. The minimum Gasteiger partial charge on any atom is -0.336 e. The standard InChI is InChI=1S/C16H19FN4O/c1-21(2)14(12-7-4-3-5-8-12)11-19-16(22)20-15-13(17)9-6-10-18-15/h3-10,14H,11H2,1-2H3,(H2,18,19,20,22). The van der Waals surface area contributed by atoms with Crippen molar-refractivity contribution in [1.82, 2.24) is 15.2 Å². The van der Waals surface area contributed by atoms with Gasteiger partial charge in [-0.15, -0.1) is 0 Å². The third-order valence-electron chi connectivity index (χ3n) is 3.25. The zero-order valence-electron chi connectivity index (χ0n) is 12.6. The number of urea groups is 1. The Hall–Kier alpha value is -2.47. The normalized spacial score (nSPS) is 12.0. The van der Waals surface area contributed by atoms with Crippen LogP contribution in [0.2, 0.25) is 0 Å². The Balaban J connectivity index is 1.95. The van der Waals surface area contributed by atoms with Crippen molar-refractivity contribution in [1.29, 1.82) is 0 Å². The number of pyridine rings is 1. The van der Waals surface area contributed by atoms with Gasteiger partial charge in [-0.1, -0.05) is 30.3 Å². The molecule has 0 fully saturated rings. The molecule has 0 saturated heterocycles. The Morgan fingerprint density at radius 1 is 1.23 bits per heavy atom. The van der Waals surface area contributed by atoms with Crippen molar-refractivity contribution in [2.24, 2.45) is 0 Å². The van der Waals surface area contributed by atoms with E-state index in [2.05, 4.69) is 15.6 Å². The van der Waals surface area contributed by atoms with E-state index in [0.717, 1.165) is 5.56 Å². The van der Waals surface area contributed by atoms with Crippen LogP contribution in [0.15, 0.2) is 48.7 Å². The van der Waals surface area contributed by atoms with Gasteiger partial charge in [0.15, 0.2) is 11.6 Å². The first kappa shape index (κ1) is 15.9. The molecule has 6 heteroatoms. The summed E-state index contributed by atoms with van der Waals surface area (Å²) < 4.78 is 13.4. The Labute approximate surface area is 129 Å². The zero-order valence-corrected chi connectivity index (χ0v) is 12.6. The molecule has 0 bridgehead atoms. The first-order valence-corrected chi connectivity index (χ1v) is 6.94. The topological polar surface area (TPSA) is 57.3 Å². The van der Waals surface area contributed by atoms with E-state index in [1.807, 2.05) is 49.3 Å². The van der Waals surface area contributed by atoms with Gasteiger partial charge in [-0.25, -0.2) is 14.2 Å². The van der Waals surface area contributed by atoms with Crippen molar-refractivity contribution in [2.45, 2.75) is 6.04 Å².